The largest absolute Gasteiger partial charge is 0.370 e. The molecule has 1 atom stereocenters. The summed E-state index contributed by atoms with van der Waals surface area (Å²) in [5.74, 6) is -1.14. The van der Waals surface area contributed by atoms with E-state index in [1.54, 1.807) is 28.4 Å². The van der Waals surface area contributed by atoms with Crippen molar-refractivity contribution < 1.29 is 18.9 Å². The van der Waals surface area contributed by atoms with E-state index in [4.69, 9.17) is 18.9 Å². The molecule has 0 bridgehead atoms. The summed E-state index contributed by atoms with van der Waals surface area (Å²) in [5, 5.41) is 0. The van der Waals surface area contributed by atoms with Crippen LogP contribution >= 0.6 is 0 Å². The summed E-state index contributed by atoms with van der Waals surface area (Å²) in [6.07, 6.45) is 11.4. The molecule has 0 aromatic rings. The van der Waals surface area contributed by atoms with Crippen molar-refractivity contribution in [3.05, 3.63) is 0 Å². The lowest BCUT2D eigenvalue weighted by Gasteiger charge is -2.46. The van der Waals surface area contributed by atoms with E-state index in [0.29, 0.717) is 0 Å². The Hall–Kier alpha value is -0.160. The van der Waals surface area contributed by atoms with Crippen molar-refractivity contribution in [2.45, 2.75) is 89.6 Å². The Kier molecular flexibility index (Phi) is 12.2. The van der Waals surface area contributed by atoms with Gasteiger partial charge >= 0.3 is 5.97 Å². The summed E-state index contributed by atoms with van der Waals surface area (Å²) >= 11 is 0. The first kappa shape index (κ1) is 21.8. The molecule has 0 fully saturated rings. The maximum atomic E-state index is 5.93. The van der Waals surface area contributed by atoms with Crippen LogP contribution in [0, 0.1) is 0 Å². The Balaban J connectivity index is 4.84. The van der Waals surface area contributed by atoms with E-state index in [1.807, 2.05) is 0 Å². The van der Waals surface area contributed by atoms with Gasteiger partial charge in [0.2, 0.25) is 0 Å². The third-order valence-electron chi connectivity index (χ3n) is 4.62. The van der Waals surface area contributed by atoms with Gasteiger partial charge in [0.05, 0.1) is 0 Å². The van der Waals surface area contributed by atoms with Crippen molar-refractivity contribution in [1.29, 1.82) is 0 Å². The highest BCUT2D eigenvalue weighted by molar-refractivity contribution is 4.90. The first-order valence-electron chi connectivity index (χ1n) is 8.82. The van der Waals surface area contributed by atoms with Gasteiger partial charge in [-0.05, 0) is 12.8 Å². The predicted molar refractivity (Wildman–Crippen MR) is 91.0 cm³/mol. The van der Waals surface area contributed by atoms with E-state index in [2.05, 4.69) is 13.8 Å². The summed E-state index contributed by atoms with van der Waals surface area (Å²) in [6.45, 7) is 4.42. The fourth-order valence-electron chi connectivity index (χ4n) is 3.22. The topological polar surface area (TPSA) is 36.9 Å². The van der Waals surface area contributed by atoms with Crippen LogP contribution in [-0.2, 0) is 18.9 Å². The molecule has 0 saturated heterocycles. The van der Waals surface area contributed by atoms with Gasteiger partial charge < -0.3 is 18.9 Å². The number of rotatable bonds is 15. The molecule has 4 nitrogen and oxygen atoms in total. The lowest BCUT2D eigenvalue weighted by molar-refractivity contribution is -0.425. The van der Waals surface area contributed by atoms with Crippen molar-refractivity contribution >= 4 is 0 Å². The van der Waals surface area contributed by atoms with Gasteiger partial charge in [0.1, 0.15) is 5.60 Å². The summed E-state index contributed by atoms with van der Waals surface area (Å²) < 4.78 is 22.8. The molecule has 0 N–H and O–H groups in total. The van der Waals surface area contributed by atoms with Crippen molar-refractivity contribution in [2.75, 3.05) is 28.4 Å². The van der Waals surface area contributed by atoms with Gasteiger partial charge in [-0.1, -0.05) is 65.2 Å². The fourth-order valence-corrected chi connectivity index (χ4v) is 3.22. The molecular formula is C18H38O4. The third-order valence-corrected chi connectivity index (χ3v) is 4.62. The van der Waals surface area contributed by atoms with Crippen LogP contribution in [0.2, 0.25) is 0 Å². The number of ether oxygens (including phenoxy) is 4. The zero-order valence-electron chi connectivity index (χ0n) is 15.7. The molecule has 0 radical (unpaired) electrons. The average molecular weight is 318 g/mol. The third kappa shape index (κ3) is 5.80. The van der Waals surface area contributed by atoms with Crippen LogP contribution in [0.25, 0.3) is 0 Å². The first-order valence-corrected chi connectivity index (χ1v) is 8.82. The second-order valence-electron chi connectivity index (χ2n) is 5.99. The van der Waals surface area contributed by atoms with Crippen LogP contribution in [0.5, 0.6) is 0 Å². The van der Waals surface area contributed by atoms with Crippen LogP contribution < -0.4 is 0 Å². The Morgan fingerprint density at radius 1 is 0.545 bits per heavy atom. The van der Waals surface area contributed by atoms with E-state index >= 15 is 0 Å². The molecular weight excluding hydrogens is 280 g/mol. The molecule has 0 heterocycles. The standard InChI is InChI=1S/C18H38O4/c1-7-9-11-12-13-14-16-17(19-3,15-10-8-2)18(20-4,21-5)22-6/h7-16H2,1-6H3. The number of hydrogen-bond donors (Lipinski definition) is 0. The van der Waals surface area contributed by atoms with Crippen molar-refractivity contribution in [1.82, 2.24) is 0 Å². The molecule has 0 aliphatic carbocycles. The van der Waals surface area contributed by atoms with Gasteiger partial charge in [0, 0.05) is 28.4 Å². The van der Waals surface area contributed by atoms with Gasteiger partial charge in [-0.3, -0.25) is 0 Å². The number of unbranched alkanes of at least 4 members (excludes halogenated alkanes) is 6. The van der Waals surface area contributed by atoms with Crippen LogP contribution in [0.1, 0.15) is 78.1 Å². The molecule has 0 amide bonds. The monoisotopic (exact) mass is 318 g/mol. The van der Waals surface area contributed by atoms with Gasteiger partial charge in [0.15, 0.2) is 0 Å². The minimum Gasteiger partial charge on any atom is -0.370 e. The maximum absolute atomic E-state index is 5.93. The van der Waals surface area contributed by atoms with Crippen LogP contribution in [-0.4, -0.2) is 40.0 Å². The molecule has 1 unspecified atom stereocenters. The van der Waals surface area contributed by atoms with E-state index in [9.17, 15) is 0 Å². The highest BCUT2D eigenvalue weighted by Gasteiger charge is 2.53. The Labute approximate surface area is 137 Å². The van der Waals surface area contributed by atoms with E-state index < -0.39 is 11.6 Å². The minimum atomic E-state index is -1.14. The Morgan fingerprint density at radius 2 is 1.00 bits per heavy atom. The predicted octanol–water partition coefficient (Wildman–Crippen LogP) is 4.91. The fraction of sp³-hybridized carbons (Fsp3) is 1.00. The molecule has 134 valence electrons. The number of methoxy groups -OCH3 is 4. The molecule has 4 heteroatoms. The van der Waals surface area contributed by atoms with Crippen molar-refractivity contribution in [3.8, 4) is 0 Å². The summed E-state index contributed by atoms with van der Waals surface area (Å²) in [4.78, 5) is 0. The smallest absolute Gasteiger partial charge is 0.313 e. The molecule has 0 saturated carbocycles. The quantitative estimate of drug-likeness (QED) is 0.318. The second kappa shape index (κ2) is 12.3. The zero-order valence-corrected chi connectivity index (χ0v) is 15.7. The Bertz CT molecular complexity index is 245. The van der Waals surface area contributed by atoms with Gasteiger partial charge in [-0.15, -0.1) is 0 Å². The average Bonchev–Trinajstić information content (AvgIpc) is 2.56. The van der Waals surface area contributed by atoms with Crippen molar-refractivity contribution in [3.63, 3.8) is 0 Å². The highest BCUT2D eigenvalue weighted by atomic mass is 16.9. The van der Waals surface area contributed by atoms with Crippen LogP contribution in [0.4, 0.5) is 0 Å². The second-order valence-corrected chi connectivity index (χ2v) is 5.99. The minimum absolute atomic E-state index is 0.563. The normalized spacial score (nSPS) is 15.0. The summed E-state index contributed by atoms with van der Waals surface area (Å²) in [7, 11) is 6.59. The molecule has 22 heavy (non-hydrogen) atoms. The number of hydrogen-bond acceptors (Lipinski definition) is 4. The maximum Gasteiger partial charge on any atom is 0.313 e. The van der Waals surface area contributed by atoms with Gasteiger partial charge in [0.25, 0.3) is 0 Å². The highest BCUT2D eigenvalue weighted by Crippen LogP contribution is 2.39. The molecule has 0 aliphatic heterocycles. The van der Waals surface area contributed by atoms with Crippen LogP contribution in [0.3, 0.4) is 0 Å². The lowest BCUT2D eigenvalue weighted by atomic mass is 9.87. The lowest BCUT2D eigenvalue weighted by Crippen LogP contribution is -2.59. The van der Waals surface area contributed by atoms with E-state index in [1.165, 1.54) is 32.1 Å². The van der Waals surface area contributed by atoms with E-state index in [0.717, 1.165) is 32.1 Å². The molecule has 0 aromatic heterocycles. The molecule has 0 aliphatic rings. The summed E-state index contributed by atoms with van der Waals surface area (Å²) in [6, 6.07) is 0. The molecule has 0 aromatic carbocycles. The molecule has 0 rings (SSSR count). The molecule has 0 spiro atoms. The first-order chi connectivity index (χ1) is 10.6. The Morgan fingerprint density at radius 3 is 1.45 bits per heavy atom. The van der Waals surface area contributed by atoms with Crippen molar-refractivity contribution in [2.24, 2.45) is 0 Å². The van der Waals surface area contributed by atoms with E-state index in [-0.39, 0.29) is 0 Å². The van der Waals surface area contributed by atoms with Gasteiger partial charge in [-0.25, -0.2) is 0 Å². The zero-order chi connectivity index (χ0) is 16.9. The SMILES string of the molecule is CCCCCCCCC(CCCC)(OC)C(OC)(OC)OC. The van der Waals surface area contributed by atoms with Gasteiger partial charge in [-0.2, -0.15) is 0 Å². The van der Waals surface area contributed by atoms with Crippen LogP contribution in [0.15, 0.2) is 0 Å². The summed E-state index contributed by atoms with van der Waals surface area (Å²) in [5.41, 5.74) is -0.563.